The van der Waals surface area contributed by atoms with Gasteiger partial charge in [0.2, 0.25) is 0 Å². The standard InChI is InChI=1S/C23H30N2O3/c1-6-25(4)16-24-22-11-17(2)21(10-18(22)3)23(14-27-15-23)28-13-19-8-7-9-20(12-19)26-5/h7-12,16H,6,13-15H2,1-5H3. The van der Waals surface area contributed by atoms with E-state index in [9.17, 15) is 0 Å². The lowest BCUT2D eigenvalue weighted by molar-refractivity contribution is -0.223. The van der Waals surface area contributed by atoms with E-state index in [1.165, 1.54) is 11.1 Å². The van der Waals surface area contributed by atoms with Crippen molar-refractivity contribution >= 4 is 12.0 Å². The summed E-state index contributed by atoms with van der Waals surface area (Å²) in [6.45, 7) is 8.89. The van der Waals surface area contributed by atoms with Crippen molar-refractivity contribution in [3.05, 3.63) is 58.7 Å². The van der Waals surface area contributed by atoms with Crippen LogP contribution in [0.4, 0.5) is 5.69 Å². The number of hydrogen-bond donors (Lipinski definition) is 0. The molecule has 1 saturated heterocycles. The van der Waals surface area contributed by atoms with Gasteiger partial charge in [-0.15, -0.1) is 0 Å². The van der Waals surface area contributed by atoms with Crippen LogP contribution in [0.25, 0.3) is 0 Å². The molecule has 1 fully saturated rings. The lowest BCUT2D eigenvalue weighted by atomic mass is 9.86. The summed E-state index contributed by atoms with van der Waals surface area (Å²) in [6.07, 6.45) is 1.88. The van der Waals surface area contributed by atoms with Gasteiger partial charge in [-0.2, -0.15) is 0 Å². The summed E-state index contributed by atoms with van der Waals surface area (Å²) in [6, 6.07) is 12.3. The molecule has 0 aromatic heterocycles. The second-order valence-corrected chi connectivity index (χ2v) is 7.40. The van der Waals surface area contributed by atoms with Crippen LogP contribution in [0.5, 0.6) is 5.75 Å². The number of methoxy groups -OCH3 is 1. The summed E-state index contributed by atoms with van der Waals surface area (Å²) in [4.78, 5) is 6.69. The molecule has 2 aromatic rings. The Hall–Kier alpha value is -2.37. The summed E-state index contributed by atoms with van der Waals surface area (Å²) in [5, 5.41) is 0. The van der Waals surface area contributed by atoms with Crippen molar-refractivity contribution in [3.63, 3.8) is 0 Å². The van der Waals surface area contributed by atoms with Gasteiger partial charge < -0.3 is 19.1 Å². The number of benzene rings is 2. The van der Waals surface area contributed by atoms with E-state index in [0.29, 0.717) is 19.8 Å². The summed E-state index contributed by atoms with van der Waals surface area (Å²) in [7, 11) is 3.70. The number of aryl methyl sites for hydroxylation is 2. The fourth-order valence-corrected chi connectivity index (χ4v) is 3.26. The van der Waals surface area contributed by atoms with Crippen molar-refractivity contribution in [1.82, 2.24) is 4.90 Å². The molecular formula is C23H30N2O3. The molecule has 0 spiro atoms. The minimum Gasteiger partial charge on any atom is -0.497 e. The quantitative estimate of drug-likeness (QED) is 0.502. The first-order chi connectivity index (χ1) is 13.5. The molecule has 5 nitrogen and oxygen atoms in total. The van der Waals surface area contributed by atoms with E-state index in [1.807, 2.05) is 31.6 Å². The molecule has 0 amide bonds. The lowest BCUT2D eigenvalue weighted by Gasteiger charge is -2.42. The van der Waals surface area contributed by atoms with Crippen molar-refractivity contribution in [1.29, 1.82) is 0 Å². The molecular weight excluding hydrogens is 352 g/mol. The monoisotopic (exact) mass is 382 g/mol. The van der Waals surface area contributed by atoms with Crippen LogP contribution in [0, 0.1) is 13.8 Å². The Morgan fingerprint density at radius 3 is 2.61 bits per heavy atom. The highest BCUT2D eigenvalue weighted by Crippen LogP contribution is 2.39. The van der Waals surface area contributed by atoms with Gasteiger partial charge in [0.15, 0.2) is 0 Å². The Balaban J connectivity index is 1.81. The van der Waals surface area contributed by atoms with Crippen molar-refractivity contribution < 1.29 is 14.2 Å². The normalized spacial score (nSPS) is 15.5. The van der Waals surface area contributed by atoms with E-state index in [4.69, 9.17) is 14.2 Å². The Bertz CT molecular complexity index is 844. The minimum absolute atomic E-state index is 0.402. The fraction of sp³-hybridized carbons (Fsp3) is 0.435. The minimum atomic E-state index is -0.402. The molecule has 28 heavy (non-hydrogen) atoms. The molecule has 1 aliphatic rings. The van der Waals surface area contributed by atoms with E-state index in [2.05, 4.69) is 48.9 Å². The van der Waals surface area contributed by atoms with Gasteiger partial charge in [0.25, 0.3) is 0 Å². The van der Waals surface area contributed by atoms with Crippen LogP contribution in [-0.2, 0) is 21.7 Å². The third-order valence-corrected chi connectivity index (χ3v) is 5.25. The van der Waals surface area contributed by atoms with Gasteiger partial charge in [-0.3, -0.25) is 0 Å². The second kappa shape index (κ2) is 8.76. The summed E-state index contributed by atoms with van der Waals surface area (Å²) >= 11 is 0. The molecule has 2 aromatic carbocycles. The Kier molecular flexibility index (Phi) is 6.37. The molecule has 0 bridgehead atoms. The highest BCUT2D eigenvalue weighted by molar-refractivity contribution is 5.64. The first-order valence-electron chi connectivity index (χ1n) is 9.68. The fourth-order valence-electron chi connectivity index (χ4n) is 3.26. The molecule has 0 unspecified atom stereocenters. The molecule has 0 saturated carbocycles. The molecule has 0 atom stereocenters. The second-order valence-electron chi connectivity index (χ2n) is 7.40. The molecule has 5 heteroatoms. The maximum Gasteiger partial charge on any atom is 0.140 e. The number of hydrogen-bond acceptors (Lipinski definition) is 4. The predicted molar refractivity (Wildman–Crippen MR) is 113 cm³/mol. The first kappa shape index (κ1) is 20.4. The van der Waals surface area contributed by atoms with Crippen LogP contribution in [0.2, 0.25) is 0 Å². The molecule has 150 valence electrons. The Labute approximate surface area is 167 Å². The van der Waals surface area contributed by atoms with Crippen molar-refractivity contribution in [2.45, 2.75) is 33.0 Å². The maximum absolute atomic E-state index is 6.40. The largest absolute Gasteiger partial charge is 0.497 e. The smallest absolute Gasteiger partial charge is 0.140 e. The van der Waals surface area contributed by atoms with E-state index in [1.54, 1.807) is 7.11 Å². The van der Waals surface area contributed by atoms with Gasteiger partial charge in [0.1, 0.15) is 11.4 Å². The van der Waals surface area contributed by atoms with E-state index in [-0.39, 0.29) is 0 Å². The third kappa shape index (κ3) is 4.37. The molecule has 0 aliphatic carbocycles. The zero-order valence-electron chi connectivity index (χ0n) is 17.5. The third-order valence-electron chi connectivity index (χ3n) is 5.25. The number of aliphatic imine (C=N–C) groups is 1. The van der Waals surface area contributed by atoms with Crippen molar-refractivity contribution in [2.75, 3.05) is 33.9 Å². The number of ether oxygens (including phenoxy) is 3. The maximum atomic E-state index is 6.40. The van der Waals surface area contributed by atoms with Gasteiger partial charge in [0, 0.05) is 13.6 Å². The van der Waals surface area contributed by atoms with Gasteiger partial charge in [-0.1, -0.05) is 18.2 Å². The average molecular weight is 383 g/mol. The van der Waals surface area contributed by atoms with Gasteiger partial charge >= 0.3 is 0 Å². The summed E-state index contributed by atoms with van der Waals surface area (Å²) in [5.74, 6) is 0.839. The average Bonchev–Trinajstić information content (AvgIpc) is 2.68. The van der Waals surface area contributed by atoms with Crippen LogP contribution in [0.15, 0.2) is 41.4 Å². The zero-order chi connectivity index (χ0) is 20.1. The van der Waals surface area contributed by atoms with Gasteiger partial charge in [-0.25, -0.2) is 4.99 Å². The van der Waals surface area contributed by atoms with Crippen LogP contribution in [0.3, 0.4) is 0 Å². The van der Waals surface area contributed by atoms with Gasteiger partial charge in [0.05, 0.1) is 39.0 Å². The predicted octanol–water partition coefficient (Wildman–Crippen LogP) is 4.37. The number of rotatable bonds is 8. The lowest BCUT2D eigenvalue weighted by Crippen LogP contribution is -2.49. The molecule has 3 rings (SSSR count). The zero-order valence-corrected chi connectivity index (χ0v) is 17.5. The molecule has 0 N–H and O–H groups in total. The van der Waals surface area contributed by atoms with Gasteiger partial charge in [-0.05, 0) is 61.2 Å². The van der Waals surface area contributed by atoms with E-state index < -0.39 is 5.60 Å². The van der Waals surface area contributed by atoms with Crippen LogP contribution in [-0.4, -0.2) is 45.2 Å². The topological polar surface area (TPSA) is 43.3 Å². The SMILES string of the molecule is CCN(C)C=Nc1cc(C)c(C2(OCc3cccc(OC)c3)COC2)cc1C. The number of nitrogens with zero attached hydrogens (tertiary/aromatic N) is 2. The van der Waals surface area contributed by atoms with Crippen LogP contribution in [0.1, 0.15) is 29.2 Å². The first-order valence-corrected chi connectivity index (χ1v) is 9.68. The molecule has 0 radical (unpaired) electrons. The van der Waals surface area contributed by atoms with Crippen LogP contribution >= 0.6 is 0 Å². The van der Waals surface area contributed by atoms with Crippen molar-refractivity contribution in [3.8, 4) is 5.75 Å². The van der Waals surface area contributed by atoms with E-state index in [0.717, 1.165) is 29.1 Å². The highest BCUT2D eigenvalue weighted by atomic mass is 16.6. The Morgan fingerprint density at radius 1 is 1.18 bits per heavy atom. The highest BCUT2D eigenvalue weighted by Gasteiger charge is 2.43. The van der Waals surface area contributed by atoms with E-state index >= 15 is 0 Å². The summed E-state index contributed by atoms with van der Waals surface area (Å²) in [5.41, 5.74) is 5.17. The Morgan fingerprint density at radius 2 is 1.96 bits per heavy atom. The van der Waals surface area contributed by atoms with Crippen molar-refractivity contribution in [2.24, 2.45) is 4.99 Å². The molecule has 1 aliphatic heterocycles. The molecule has 1 heterocycles. The van der Waals surface area contributed by atoms with Crippen LogP contribution < -0.4 is 4.74 Å². The summed E-state index contributed by atoms with van der Waals surface area (Å²) < 4.78 is 17.3.